The molecule has 0 saturated heterocycles. The Hall–Kier alpha value is -2.83. The number of hydrogen-bond donors (Lipinski definition) is 0. The molecule has 2 rings (SSSR count). The molecule has 0 aromatic heterocycles. The van der Waals surface area contributed by atoms with Gasteiger partial charge in [-0.15, -0.1) is 0 Å². The van der Waals surface area contributed by atoms with E-state index < -0.39 is 5.97 Å². The maximum Gasteiger partial charge on any atom is 0.343 e. The molecule has 0 aliphatic rings. The summed E-state index contributed by atoms with van der Waals surface area (Å²) in [5.41, 5.74) is 1.26. The Kier molecular flexibility index (Phi) is 9.75. The highest BCUT2D eigenvalue weighted by molar-refractivity contribution is 5.91. The predicted octanol–water partition coefficient (Wildman–Crippen LogP) is 4.34. The van der Waals surface area contributed by atoms with Gasteiger partial charge in [-0.25, -0.2) is 4.79 Å². The molecule has 6 nitrogen and oxygen atoms in total. The third-order valence-corrected chi connectivity index (χ3v) is 4.06. The molecule has 0 radical (unpaired) electrons. The van der Waals surface area contributed by atoms with Crippen LogP contribution in [0.4, 0.5) is 0 Å². The first-order chi connectivity index (χ1) is 14.1. The summed E-state index contributed by atoms with van der Waals surface area (Å²) in [6.45, 7) is 6.47. The smallest absolute Gasteiger partial charge is 0.343 e. The lowest BCUT2D eigenvalue weighted by molar-refractivity contribution is 0.0734. The van der Waals surface area contributed by atoms with Crippen molar-refractivity contribution < 1.29 is 28.5 Å². The molecule has 0 aliphatic carbocycles. The Labute approximate surface area is 172 Å². The fraction of sp³-hybridized carbons (Fsp3) is 0.348. The topological polar surface area (TPSA) is 63.2 Å². The van der Waals surface area contributed by atoms with Crippen LogP contribution in [-0.4, -0.2) is 46.6 Å². The predicted molar refractivity (Wildman–Crippen MR) is 111 cm³/mol. The maximum atomic E-state index is 12.3. The summed E-state index contributed by atoms with van der Waals surface area (Å²) in [7, 11) is 3.26. The lowest BCUT2D eigenvalue weighted by Crippen LogP contribution is -2.08. The van der Waals surface area contributed by atoms with E-state index in [4.69, 9.17) is 23.7 Å². The minimum absolute atomic E-state index is 0.432. The highest BCUT2D eigenvalue weighted by Crippen LogP contribution is 2.19. The van der Waals surface area contributed by atoms with Gasteiger partial charge in [0.05, 0.1) is 19.3 Å². The number of rotatable bonds is 13. The number of benzene rings is 2. The molecule has 156 valence electrons. The van der Waals surface area contributed by atoms with Crippen molar-refractivity contribution in [3.05, 3.63) is 66.2 Å². The highest BCUT2D eigenvalue weighted by atomic mass is 16.5. The second kappa shape index (κ2) is 12.6. The molecule has 0 heterocycles. The van der Waals surface area contributed by atoms with E-state index in [1.54, 1.807) is 62.8 Å². The van der Waals surface area contributed by atoms with Gasteiger partial charge < -0.3 is 23.7 Å². The third-order valence-electron chi connectivity index (χ3n) is 4.06. The van der Waals surface area contributed by atoms with Crippen LogP contribution in [0.1, 0.15) is 28.8 Å². The molecule has 0 N–H and O–H groups in total. The molecule has 0 amide bonds. The second-order valence-corrected chi connectivity index (χ2v) is 6.23. The molecule has 6 heteroatoms. The Morgan fingerprint density at radius 2 is 1.38 bits per heavy atom. The minimum Gasteiger partial charge on any atom is -0.497 e. The zero-order valence-electron chi connectivity index (χ0n) is 17.0. The molecule has 2 aromatic carbocycles. The molecule has 0 saturated carbocycles. The first-order valence-electron chi connectivity index (χ1n) is 9.49. The number of esters is 1. The van der Waals surface area contributed by atoms with Crippen LogP contribution >= 0.6 is 0 Å². The monoisotopic (exact) mass is 400 g/mol. The van der Waals surface area contributed by atoms with Gasteiger partial charge in [0.15, 0.2) is 0 Å². The molecule has 0 atom stereocenters. The van der Waals surface area contributed by atoms with Gasteiger partial charge in [-0.2, -0.15) is 0 Å². The molecule has 0 spiro atoms. The quantitative estimate of drug-likeness (QED) is 0.216. The summed E-state index contributed by atoms with van der Waals surface area (Å²) in [6, 6.07) is 13.8. The van der Waals surface area contributed by atoms with Gasteiger partial charge >= 0.3 is 5.97 Å². The Morgan fingerprint density at radius 1 is 0.793 bits per heavy atom. The first-order valence-corrected chi connectivity index (χ1v) is 9.49. The fourth-order valence-electron chi connectivity index (χ4n) is 2.45. The average Bonchev–Trinajstić information content (AvgIpc) is 2.76. The van der Waals surface area contributed by atoms with E-state index in [2.05, 4.69) is 6.58 Å². The van der Waals surface area contributed by atoms with Crippen LogP contribution in [0, 0.1) is 0 Å². The van der Waals surface area contributed by atoms with Gasteiger partial charge in [-0.3, -0.25) is 0 Å². The van der Waals surface area contributed by atoms with Gasteiger partial charge in [0.1, 0.15) is 17.3 Å². The lowest BCUT2D eigenvalue weighted by Gasteiger charge is -2.10. The van der Waals surface area contributed by atoms with Crippen molar-refractivity contribution in [2.24, 2.45) is 0 Å². The number of carbonyl (C=O) groups excluding carboxylic acids is 1. The normalized spacial score (nSPS) is 10.4. The van der Waals surface area contributed by atoms with Gasteiger partial charge in [0.25, 0.3) is 0 Å². The first kappa shape index (κ1) is 22.5. The molecular formula is C23H28O6. The van der Waals surface area contributed by atoms with E-state index in [0.29, 0.717) is 49.2 Å². The summed E-state index contributed by atoms with van der Waals surface area (Å²) in [5, 5.41) is 0. The molecule has 0 fully saturated rings. The van der Waals surface area contributed by atoms with Crippen molar-refractivity contribution in [1.82, 2.24) is 0 Å². The summed E-state index contributed by atoms with van der Waals surface area (Å²) in [4.78, 5) is 12.3. The van der Waals surface area contributed by atoms with Crippen molar-refractivity contribution in [2.75, 3.05) is 40.6 Å². The SMILES string of the molecule is C=C(OCCCOCCCOC)c1ccc(C(=O)Oc2ccc(OC)cc2)cc1. The van der Waals surface area contributed by atoms with Crippen LogP contribution < -0.4 is 9.47 Å². The van der Waals surface area contributed by atoms with Crippen molar-refractivity contribution in [3.8, 4) is 11.5 Å². The van der Waals surface area contributed by atoms with Crippen LogP contribution in [0.2, 0.25) is 0 Å². The molecule has 2 aromatic rings. The molecule has 0 bridgehead atoms. The number of methoxy groups -OCH3 is 2. The van der Waals surface area contributed by atoms with E-state index in [1.165, 1.54) is 0 Å². The summed E-state index contributed by atoms with van der Waals surface area (Å²) in [5.74, 6) is 1.28. The Bertz CT molecular complexity index is 752. The molecule has 0 aliphatic heterocycles. The van der Waals surface area contributed by atoms with Gasteiger partial charge in [-0.05, 0) is 42.8 Å². The van der Waals surface area contributed by atoms with Gasteiger partial charge in [-0.1, -0.05) is 18.7 Å². The van der Waals surface area contributed by atoms with Crippen LogP contribution in [-0.2, 0) is 14.2 Å². The number of carbonyl (C=O) groups is 1. The average molecular weight is 400 g/mol. The van der Waals surface area contributed by atoms with Crippen molar-refractivity contribution in [2.45, 2.75) is 12.8 Å². The zero-order chi connectivity index (χ0) is 20.9. The Morgan fingerprint density at radius 3 is 2.00 bits per heavy atom. The third kappa shape index (κ3) is 7.97. The van der Waals surface area contributed by atoms with E-state index in [-0.39, 0.29) is 0 Å². The summed E-state index contributed by atoms with van der Waals surface area (Å²) >= 11 is 0. The van der Waals surface area contributed by atoms with E-state index in [0.717, 1.165) is 18.4 Å². The highest BCUT2D eigenvalue weighted by Gasteiger charge is 2.10. The summed E-state index contributed by atoms with van der Waals surface area (Å²) in [6.07, 6.45) is 1.66. The zero-order valence-corrected chi connectivity index (χ0v) is 17.0. The lowest BCUT2D eigenvalue weighted by atomic mass is 10.1. The van der Waals surface area contributed by atoms with Gasteiger partial charge in [0, 0.05) is 38.9 Å². The van der Waals surface area contributed by atoms with Crippen LogP contribution in [0.15, 0.2) is 55.1 Å². The largest absolute Gasteiger partial charge is 0.497 e. The summed E-state index contributed by atoms with van der Waals surface area (Å²) < 4.78 is 26.5. The van der Waals surface area contributed by atoms with Crippen molar-refractivity contribution >= 4 is 11.7 Å². The van der Waals surface area contributed by atoms with E-state index in [1.807, 2.05) is 0 Å². The van der Waals surface area contributed by atoms with Crippen LogP contribution in [0.3, 0.4) is 0 Å². The fourth-order valence-corrected chi connectivity index (χ4v) is 2.45. The van der Waals surface area contributed by atoms with Crippen molar-refractivity contribution in [1.29, 1.82) is 0 Å². The van der Waals surface area contributed by atoms with Crippen molar-refractivity contribution in [3.63, 3.8) is 0 Å². The van der Waals surface area contributed by atoms with Gasteiger partial charge in [0.2, 0.25) is 0 Å². The molecule has 0 unspecified atom stereocenters. The van der Waals surface area contributed by atoms with Crippen LogP contribution in [0.25, 0.3) is 5.76 Å². The Balaban J connectivity index is 1.73. The molecule has 29 heavy (non-hydrogen) atoms. The molecular weight excluding hydrogens is 372 g/mol. The minimum atomic E-state index is -0.432. The maximum absolute atomic E-state index is 12.3. The second-order valence-electron chi connectivity index (χ2n) is 6.23. The standard InChI is InChI=1S/C23H28O6/c1-18(28-17-5-16-27-15-4-14-25-2)19-6-8-20(9-7-19)23(24)29-22-12-10-21(26-3)11-13-22/h6-13H,1,4-5,14-17H2,2-3H3. The number of hydrogen-bond acceptors (Lipinski definition) is 6. The number of ether oxygens (including phenoxy) is 5. The van der Waals surface area contributed by atoms with E-state index in [9.17, 15) is 4.79 Å². The van der Waals surface area contributed by atoms with Crippen LogP contribution in [0.5, 0.6) is 11.5 Å². The van der Waals surface area contributed by atoms with E-state index >= 15 is 0 Å².